The van der Waals surface area contributed by atoms with Gasteiger partial charge in [-0.1, -0.05) is 6.42 Å². The van der Waals surface area contributed by atoms with Gasteiger partial charge in [-0.15, -0.1) is 0 Å². The zero-order valence-electron chi connectivity index (χ0n) is 12.3. The van der Waals surface area contributed by atoms with Gasteiger partial charge in [-0.3, -0.25) is 9.59 Å². The summed E-state index contributed by atoms with van der Waals surface area (Å²) in [7, 11) is 0. The lowest BCUT2D eigenvalue weighted by Crippen LogP contribution is -2.47. The van der Waals surface area contributed by atoms with Crippen LogP contribution in [0.3, 0.4) is 0 Å². The predicted octanol–water partition coefficient (Wildman–Crippen LogP) is 1.01. The number of likely N-dealkylation sites (tertiary alicyclic amines) is 1. The first-order valence-corrected chi connectivity index (χ1v) is 7.11. The normalized spacial score (nSPS) is 17.3. The lowest BCUT2D eigenvalue weighted by atomic mass is 10.1. The van der Waals surface area contributed by atoms with Gasteiger partial charge in [-0.2, -0.15) is 0 Å². The van der Waals surface area contributed by atoms with E-state index >= 15 is 0 Å². The standard InChI is InChI=1S/C14H26N2O3/c1-4-15(11-14(2,3)19)13(18)10-16-9-7-5-6-8-12(16)17/h19H,4-11H2,1-3H3. The molecule has 0 aromatic heterocycles. The summed E-state index contributed by atoms with van der Waals surface area (Å²) in [5.41, 5.74) is -0.908. The third kappa shape index (κ3) is 5.59. The molecule has 0 spiro atoms. The molecule has 110 valence electrons. The van der Waals surface area contributed by atoms with Crippen LogP contribution >= 0.6 is 0 Å². The maximum Gasteiger partial charge on any atom is 0.242 e. The van der Waals surface area contributed by atoms with Crippen molar-refractivity contribution in [3.05, 3.63) is 0 Å². The number of hydrogen-bond acceptors (Lipinski definition) is 3. The van der Waals surface area contributed by atoms with Crippen molar-refractivity contribution in [2.24, 2.45) is 0 Å². The number of amides is 2. The molecule has 1 fully saturated rings. The van der Waals surface area contributed by atoms with Crippen LogP contribution in [0.25, 0.3) is 0 Å². The second-order valence-electron chi connectivity index (χ2n) is 5.85. The van der Waals surface area contributed by atoms with Crippen LogP contribution in [0.4, 0.5) is 0 Å². The molecule has 1 heterocycles. The zero-order valence-corrected chi connectivity index (χ0v) is 12.3. The molecule has 5 nitrogen and oxygen atoms in total. The number of hydrogen-bond donors (Lipinski definition) is 1. The Hall–Kier alpha value is -1.10. The van der Waals surface area contributed by atoms with Gasteiger partial charge in [0.2, 0.25) is 11.8 Å². The Morgan fingerprint density at radius 3 is 2.63 bits per heavy atom. The Kier molecular flexibility index (Phi) is 5.79. The van der Waals surface area contributed by atoms with Crippen molar-refractivity contribution in [1.82, 2.24) is 9.80 Å². The molecule has 0 aliphatic carbocycles. The Morgan fingerprint density at radius 2 is 2.05 bits per heavy atom. The third-order valence-electron chi connectivity index (χ3n) is 3.31. The van der Waals surface area contributed by atoms with Gasteiger partial charge in [0.15, 0.2) is 0 Å². The fourth-order valence-electron chi connectivity index (χ4n) is 2.31. The molecule has 0 aromatic carbocycles. The summed E-state index contributed by atoms with van der Waals surface area (Å²) in [4.78, 5) is 27.3. The van der Waals surface area contributed by atoms with Crippen LogP contribution in [0.5, 0.6) is 0 Å². The highest BCUT2D eigenvalue weighted by Crippen LogP contribution is 2.12. The third-order valence-corrected chi connectivity index (χ3v) is 3.31. The molecule has 1 aliphatic rings. The van der Waals surface area contributed by atoms with Gasteiger partial charge in [-0.25, -0.2) is 0 Å². The first-order valence-electron chi connectivity index (χ1n) is 7.11. The Labute approximate surface area is 115 Å². The van der Waals surface area contributed by atoms with Crippen LogP contribution in [0.1, 0.15) is 46.5 Å². The highest BCUT2D eigenvalue weighted by atomic mass is 16.3. The average Bonchev–Trinajstić information content (AvgIpc) is 2.50. The summed E-state index contributed by atoms with van der Waals surface area (Å²) in [6, 6.07) is 0. The van der Waals surface area contributed by atoms with E-state index < -0.39 is 5.60 Å². The molecular formula is C14H26N2O3. The number of rotatable bonds is 5. The quantitative estimate of drug-likeness (QED) is 0.811. The van der Waals surface area contributed by atoms with Gasteiger partial charge in [-0.05, 0) is 33.6 Å². The van der Waals surface area contributed by atoms with E-state index in [-0.39, 0.29) is 18.4 Å². The smallest absolute Gasteiger partial charge is 0.242 e. The number of carbonyl (C=O) groups is 2. The fourth-order valence-corrected chi connectivity index (χ4v) is 2.31. The number of nitrogens with zero attached hydrogens (tertiary/aromatic N) is 2. The van der Waals surface area contributed by atoms with E-state index in [0.717, 1.165) is 19.3 Å². The summed E-state index contributed by atoms with van der Waals surface area (Å²) >= 11 is 0. The van der Waals surface area contributed by atoms with Gasteiger partial charge < -0.3 is 14.9 Å². The van der Waals surface area contributed by atoms with Crippen LogP contribution in [0.15, 0.2) is 0 Å². The highest BCUT2D eigenvalue weighted by Gasteiger charge is 2.25. The molecule has 0 atom stereocenters. The van der Waals surface area contributed by atoms with Crippen molar-refractivity contribution >= 4 is 11.8 Å². The molecule has 0 aromatic rings. The molecule has 5 heteroatoms. The number of carbonyl (C=O) groups excluding carboxylic acids is 2. The van der Waals surface area contributed by atoms with Crippen LogP contribution in [-0.2, 0) is 9.59 Å². The van der Waals surface area contributed by atoms with E-state index in [1.165, 1.54) is 0 Å². The molecule has 1 saturated heterocycles. The van der Waals surface area contributed by atoms with Crippen molar-refractivity contribution in [2.45, 2.75) is 52.1 Å². The Morgan fingerprint density at radius 1 is 1.37 bits per heavy atom. The van der Waals surface area contributed by atoms with Crippen LogP contribution in [-0.4, -0.2) is 58.5 Å². The van der Waals surface area contributed by atoms with E-state index in [1.54, 1.807) is 23.6 Å². The largest absolute Gasteiger partial charge is 0.389 e. The van der Waals surface area contributed by atoms with E-state index in [1.807, 2.05) is 6.92 Å². The summed E-state index contributed by atoms with van der Waals surface area (Å²) in [5, 5.41) is 9.80. The average molecular weight is 270 g/mol. The first-order chi connectivity index (χ1) is 8.83. The molecule has 1 N–H and O–H groups in total. The second-order valence-corrected chi connectivity index (χ2v) is 5.85. The molecule has 2 amide bonds. The monoisotopic (exact) mass is 270 g/mol. The van der Waals surface area contributed by atoms with Gasteiger partial charge in [0, 0.05) is 26.1 Å². The minimum Gasteiger partial charge on any atom is -0.389 e. The first kappa shape index (κ1) is 16.0. The van der Waals surface area contributed by atoms with E-state index in [9.17, 15) is 14.7 Å². The van der Waals surface area contributed by atoms with Crippen molar-refractivity contribution in [3.63, 3.8) is 0 Å². The SMILES string of the molecule is CCN(CC(C)(C)O)C(=O)CN1CCCCCC1=O. The summed E-state index contributed by atoms with van der Waals surface area (Å²) in [6.07, 6.45) is 3.49. The maximum absolute atomic E-state index is 12.2. The molecule has 0 bridgehead atoms. The summed E-state index contributed by atoms with van der Waals surface area (Å²) in [5.74, 6) is -0.00923. The molecule has 19 heavy (non-hydrogen) atoms. The topological polar surface area (TPSA) is 60.9 Å². The molecule has 1 aliphatic heterocycles. The van der Waals surface area contributed by atoms with Crippen molar-refractivity contribution in [2.75, 3.05) is 26.2 Å². The van der Waals surface area contributed by atoms with Gasteiger partial charge in [0.25, 0.3) is 0 Å². The lowest BCUT2D eigenvalue weighted by molar-refractivity contribution is -0.141. The minimum absolute atomic E-state index is 0.0742. The van der Waals surface area contributed by atoms with E-state index in [0.29, 0.717) is 26.1 Å². The second kappa shape index (κ2) is 6.89. The van der Waals surface area contributed by atoms with E-state index in [4.69, 9.17) is 0 Å². The fraction of sp³-hybridized carbons (Fsp3) is 0.857. The summed E-state index contributed by atoms with van der Waals surface area (Å²) < 4.78 is 0. The predicted molar refractivity (Wildman–Crippen MR) is 73.6 cm³/mol. The van der Waals surface area contributed by atoms with Crippen LogP contribution in [0, 0.1) is 0 Å². The molecule has 0 unspecified atom stereocenters. The lowest BCUT2D eigenvalue weighted by Gasteiger charge is -2.30. The number of aliphatic hydroxyl groups is 1. The van der Waals surface area contributed by atoms with Crippen LogP contribution < -0.4 is 0 Å². The van der Waals surface area contributed by atoms with Gasteiger partial charge >= 0.3 is 0 Å². The highest BCUT2D eigenvalue weighted by molar-refractivity contribution is 5.85. The van der Waals surface area contributed by atoms with Crippen molar-refractivity contribution in [3.8, 4) is 0 Å². The van der Waals surface area contributed by atoms with Gasteiger partial charge in [0.1, 0.15) is 0 Å². The van der Waals surface area contributed by atoms with Crippen molar-refractivity contribution < 1.29 is 14.7 Å². The summed E-state index contributed by atoms with van der Waals surface area (Å²) in [6.45, 7) is 6.90. The molecular weight excluding hydrogens is 244 g/mol. The van der Waals surface area contributed by atoms with Crippen LogP contribution in [0.2, 0.25) is 0 Å². The van der Waals surface area contributed by atoms with Gasteiger partial charge in [0.05, 0.1) is 12.1 Å². The van der Waals surface area contributed by atoms with E-state index in [2.05, 4.69) is 0 Å². The molecule has 0 radical (unpaired) electrons. The number of likely N-dealkylation sites (N-methyl/N-ethyl adjacent to an activating group) is 1. The van der Waals surface area contributed by atoms with Crippen molar-refractivity contribution in [1.29, 1.82) is 0 Å². The maximum atomic E-state index is 12.2. The Bertz CT molecular complexity index is 323. The minimum atomic E-state index is -0.908. The molecule has 1 rings (SSSR count). The molecule has 0 saturated carbocycles. The Balaban J connectivity index is 2.58. The zero-order chi connectivity index (χ0) is 14.5.